The summed E-state index contributed by atoms with van der Waals surface area (Å²) in [7, 11) is 0. The molecule has 0 saturated carbocycles. The second-order valence-corrected chi connectivity index (χ2v) is 9.66. The van der Waals surface area contributed by atoms with Gasteiger partial charge in [0, 0.05) is 50.0 Å². The Kier molecular flexibility index (Phi) is 4.46. The Morgan fingerprint density at radius 2 is 2.10 bits per heavy atom. The molecule has 7 heteroatoms. The number of nitrogens with one attached hydrogen (secondary N) is 1. The second-order valence-electron chi connectivity index (χ2n) is 9.23. The molecule has 3 aromatic rings. The van der Waals surface area contributed by atoms with Crippen LogP contribution in [0.2, 0.25) is 5.02 Å². The van der Waals surface area contributed by atoms with Crippen LogP contribution >= 0.6 is 11.6 Å². The van der Waals surface area contributed by atoms with E-state index < -0.39 is 0 Å². The maximum Gasteiger partial charge on any atom is 0.104 e. The van der Waals surface area contributed by atoms with Crippen LogP contribution in [0.25, 0.3) is 5.69 Å². The van der Waals surface area contributed by atoms with Gasteiger partial charge in [0.25, 0.3) is 0 Å². The van der Waals surface area contributed by atoms with Gasteiger partial charge in [-0.2, -0.15) is 0 Å². The van der Waals surface area contributed by atoms with E-state index in [1.165, 1.54) is 11.4 Å². The molecule has 2 aromatic heterocycles. The van der Waals surface area contributed by atoms with E-state index in [9.17, 15) is 0 Å². The first-order valence-corrected chi connectivity index (χ1v) is 11.6. The van der Waals surface area contributed by atoms with Gasteiger partial charge in [0.05, 0.1) is 41.3 Å². The van der Waals surface area contributed by atoms with Crippen molar-refractivity contribution >= 4 is 17.3 Å². The van der Waals surface area contributed by atoms with E-state index in [0.29, 0.717) is 6.61 Å². The molecule has 5 heterocycles. The minimum Gasteiger partial charge on any atom is -0.372 e. The SMILES string of the molecule is CCn1cncc1CN1CCC2(CC1)C[C@]1(CO2)Nc2cc(Cl)ccc2-n2cccc21. The van der Waals surface area contributed by atoms with Crippen LogP contribution < -0.4 is 5.32 Å². The molecule has 0 unspecified atom stereocenters. The number of fused-ring (bicyclic) bond motifs is 4. The molecule has 2 saturated heterocycles. The van der Waals surface area contributed by atoms with Gasteiger partial charge in [-0.25, -0.2) is 4.98 Å². The Labute approximate surface area is 187 Å². The maximum absolute atomic E-state index is 6.62. The van der Waals surface area contributed by atoms with Crippen molar-refractivity contribution in [2.24, 2.45) is 0 Å². The van der Waals surface area contributed by atoms with Crippen LogP contribution in [-0.4, -0.2) is 44.3 Å². The third-order valence-corrected chi connectivity index (χ3v) is 7.61. The molecule has 1 N–H and O–H groups in total. The fourth-order valence-corrected chi connectivity index (χ4v) is 5.90. The minimum atomic E-state index is -0.204. The first-order chi connectivity index (χ1) is 15.1. The minimum absolute atomic E-state index is 0.0698. The predicted octanol–water partition coefficient (Wildman–Crippen LogP) is 4.42. The van der Waals surface area contributed by atoms with Crippen LogP contribution in [-0.2, 0) is 23.4 Å². The topological polar surface area (TPSA) is 47.2 Å². The van der Waals surface area contributed by atoms with Crippen LogP contribution in [0.5, 0.6) is 0 Å². The molecule has 6 rings (SSSR count). The number of rotatable bonds is 3. The molecule has 0 radical (unpaired) electrons. The summed E-state index contributed by atoms with van der Waals surface area (Å²) in [4.78, 5) is 6.86. The van der Waals surface area contributed by atoms with Crippen LogP contribution in [0.3, 0.4) is 0 Å². The highest BCUT2D eigenvalue weighted by atomic mass is 35.5. The van der Waals surface area contributed by atoms with E-state index in [-0.39, 0.29) is 11.1 Å². The summed E-state index contributed by atoms with van der Waals surface area (Å²) in [5.41, 5.74) is 4.54. The number of aromatic nitrogens is 3. The molecule has 6 nitrogen and oxygen atoms in total. The first-order valence-electron chi connectivity index (χ1n) is 11.2. The first kappa shape index (κ1) is 19.4. The van der Waals surface area contributed by atoms with Crippen molar-refractivity contribution in [3.63, 3.8) is 0 Å². The highest BCUT2D eigenvalue weighted by Gasteiger charge is 2.53. The van der Waals surface area contributed by atoms with Crippen molar-refractivity contribution in [1.29, 1.82) is 0 Å². The number of nitrogens with zero attached hydrogens (tertiary/aromatic N) is 4. The van der Waals surface area contributed by atoms with Gasteiger partial charge in [-0.15, -0.1) is 0 Å². The number of halogens is 1. The highest BCUT2D eigenvalue weighted by Crippen LogP contribution is 2.50. The summed E-state index contributed by atoms with van der Waals surface area (Å²) >= 11 is 6.32. The lowest BCUT2D eigenvalue weighted by Crippen LogP contribution is -2.46. The number of hydrogen-bond acceptors (Lipinski definition) is 4. The summed E-state index contributed by atoms with van der Waals surface area (Å²) in [5.74, 6) is 0. The van der Waals surface area contributed by atoms with Gasteiger partial charge in [0.15, 0.2) is 0 Å². The normalized spacial score (nSPS) is 24.3. The van der Waals surface area contributed by atoms with E-state index in [1.807, 2.05) is 24.7 Å². The number of anilines is 1. The van der Waals surface area contributed by atoms with E-state index in [1.54, 1.807) is 0 Å². The van der Waals surface area contributed by atoms with Gasteiger partial charge in [0.1, 0.15) is 5.54 Å². The van der Waals surface area contributed by atoms with Gasteiger partial charge in [-0.1, -0.05) is 11.6 Å². The number of piperidine rings is 1. The van der Waals surface area contributed by atoms with Crippen molar-refractivity contribution < 1.29 is 4.74 Å². The van der Waals surface area contributed by atoms with Gasteiger partial charge >= 0.3 is 0 Å². The summed E-state index contributed by atoms with van der Waals surface area (Å²) in [6.45, 7) is 6.88. The Balaban J connectivity index is 1.21. The highest BCUT2D eigenvalue weighted by molar-refractivity contribution is 6.31. The molecule has 162 valence electrons. The zero-order valence-corrected chi connectivity index (χ0v) is 18.6. The number of benzene rings is 1. The summed E-state index contributed by atoms with van der Waals surface area (Å²) in [6.07, 6.45) is 9.17. The number of imidazole rings is 1. The number of hydrogen-bond donors (Lipinski definition) is 1. The van der Waals surface area contributed by atoms with Gasteiger partial charge in [-0.3, -0.25) is 4.90 Å². The molecule has 1 atom stereocenters. The van der Waals surface area contributed by atoms with Crippen molar-refractivity contribution in [2.75, 3.05) is 25.0 Å². The molecular formula is C24H28ClN5O. The van der Waals surface area contributed by atoms with Crippen LogP contribution in [0.1, 0.15) is 37.6 Å². The third kappa shape index (κ3) is 3.12. The lowest BCUT2D eigenvalue weighted by molar-refractivity contribution is -0.0454. The molecule has 31 heavy (non-hydrogen) atoms. The molecule has 3 aliphatic heterocycles. The third-order valence-electron chi connectivity index (χ3n) is 7.37. The van der Waals surface area contributed by atoms with Crippen molar-refractivity contribution in [3.05, 3.63) is 65.5 Å². The van der Waals surface area contributed by atoms with Crippen molar-refractivity contribution in [2.45, 2.75) is 50.4 Å². The number of ether oxygens (including phenoxy) is 1. The zero-order valence-electron chi connectivity index (χ0n) is 17.9. The molecular weight excluding hydrogens is 410 g/mol. The van der Waals surface area contributed by atoms with Crippen LogP contribution in [0.15, 0.2) is 49.1 Å². The lowest BCUT2D eigenvalue weighted by Gasteiger charge is -2.41. The fourth-order valence-electron chi connectivity index (χ4n) is 5.73. The van der Waals surface area contributed by atoms with E-state index in [0.717, 1.165) is 61.8 Å². The van der Waals surface area contributed by atoms with E-state index in [4.69, 9.17) is 16.3 Å². The van der Waals surface area contributed by atoms with E-state index in [2.05, 4.69) is 55.7 Å². The van der Waals surface area contributed by atoms with Gasteiger partial charge in [-0.05, 0) is 50.1 Å². The predicted molar refractivity (Wildman–Crippen MR) is 122 cm³/mol. The van der Waals surface area contributed by atoms with Gasteiger partial charge in [0.2, 0.25) is 0 Å². The second kappa shape index (κ2) is 7.12. The summed E-state index contributed by atoms with van der Waals surface area (Å²) in [6, 6.07) is 10.4. The quantitative estimate of drug-likeness (QED) is 0.658. The largest absolute Gasteiger partial charge is 0.372 e. The molecule has 0 amide bonds. The number of aryl methyl sites for hydroxylation is 1. The smallest absolute Gasteiger partial charge is 0.104 e. The molecule has 3 aliphatic rings. The Morgan fingerprint density at radius 3 is 2.94 bits per heavy atom. The monoisotopic (exact) mass is 437 g/mol. The van der Waals surface area contributed by atoms with Crippen LogP contribution in [0, 0.1) is 0 Å². The maximum atomic E-state index is 6.62. The molecule has 0 aliphatic carbocycles. The number of likely N-dealkylation sites (tertiary alicyclic amines) is 1. The summed E-state index contributed by atoms with van der Waals surface area (Å²) in [5, 5.41) is 4.59. The van der Waals surface area contributed by atoms with Gasteiger partial charge < -0.3 is 19.2 Å². The van der Waals surface area contributed by atoms with Crippen molar-refractivity contribution in [3.8, 4) is 5.69 Å². The average molecular weight is 438 g/mol. The standard InChI is InChI=1S/C24H28ClN5O/c1-2-29-17-26-13-19(29)14-28-10-7-23(8-11-28)15-24(16-31-23)22-4-3-9-30(22)21-6-5-18(25)12-20(21)27-24/h3-6,9,12-13,17,27H,2,7-8,10-11,14-16H2,1H3/t24-/m1/s1. The van der Waals surface area contributed by atoms with Crippen LogP contribution in [0.4, 0.5) is 5.69 Å². The summed E-state index contributed by atoms with van der Waals surface area (Å²) < 4.78 is 11.1. The molecule has 0 bridgehead atoms. The zero-order chi connectivity index (χ0) is 21.1. The fraction of sp³-hybridized carbons (Fsp3) is 0.458. The Hall–Kier alpha value is -2.28. The molecule has 2 fully saturated rings. The van der Waals surface area contributed by atoms with Crippen molar-refractivity contribution in [1.82, 2.24) is 19.0 Å². The van der Waals surface area contributed by atoms with E-state index >= 15 is 0 Å². The molecule has 2 spiro atoms. The lowest BCUT2D eigenvalue weighted by atomic mass is 9.79. The Morgan fingerprint density at radius 1 is 1.23 bits per heavy atom. The molecule has 1 aromatic carbocycles. The Bertz CT molecular complexity index is 1110. The average Bonchev–Trinajstić information content (AvgIpc) is 3.50.